The predicted octanol–water partition coefficient (Wildman–Crippen LogP) is -2.56. The molecule has 0 aliphatic carbocycles. The van der Waals surface area contributed by atoms with Crippen molar-refractivity contribution in [3.05, 3.63) is 0 Å². The molecule has 0 aromatic heterocycles. The van der Waals surface area contributed by atoms with Crippen molar-refractivity contribution in [1.82, 2.24) is 5.32 Å². The van der Waals surface area contributed by atoms with Gasteiger partial charge in [-0.15, -0.1) is 0 Å². The number of ketones is 1. The number of amides is 1. The molecule has 0 saturated heterocycles. The first kappa shape index (κ1) is 18.8. The monoisotopic (exact) mass is 339 g/mol. The van der Waals surface area contributed by atoms with Gasteiger partial charge in [-0.2, -0.15) is 0 Å². The SMILES string of the molecule is O=C(C(O)NC(=O)C(Cl)(Cl)Cl)[C@H](O)[C@@H](O)[C@H](O)CO. The Labute approximate surface area is 122 Å². The fraction of sp³-hybridized carbons (Fsp3) is 0.750. The highest BCUT2D eigenvalue weighted by Crippen LogP contribution is 2.25. The van der Waals surface area contributed by atoms with E-state index >= 15 is 0 Å². The second-order valence-electron chi connectivity index (χ2n) is 3.46. The Balaban J connectivity index is 4.61. The van der Waals surface area contributed by atoms with Crippen molar-refractivity contribution in [3.63, 3.8) is 0 Å². The van der Waals surface area contributed by atoms with E-state index in [0.29, 0.717) is 0 Å². The smallest absolute Gasteiger partial charge is 0.274 e. The van der Waals surface area contributed by atoms with Crippen molar-refractivity contribution >= 4 is 46.5 Å². The minimum absolute atomic E-state index is 0.928. The fourth-order valence-corrected chi connectivity index (χ4v) is 1.09. The third-order valence-corrected chi connectivity index (χ3v) is 2.51. The van der Waals surface area contributed by atoms with Crippen LogP contribution in [0, 0.1) is 0 Å². The summed E-state index contributed by atoms with van der Waals surface area (Å²) in [6.07, 6.45) is -8.39. The summed E-state index contributed by atoms with van der Waals surface area (Å²) in [6, 6.07) is 0. The molecule has 0 fully saturated rings. The van der Waals surface area contributed by atoms with Gasteiger partial charge in [0.15, 0.2) is 6.23 Å². The van der Waals surface area contributed by atoms with Gasteiger partial charge in [-0.1, -0.05) is 34.8 Å². The van der Waals surface area contributed by atoms with Gasteiger partial charge < -0.3 is 30.8 Å². The summed E-state index contributed by atoms with van der Waals surface area (Å²) in [7, 11) is 0. The van der Waals surface area contributed by atoms with Gasteiger partial charge in [0.2, 0.25) is 5.78 Å². The normalized spacial score (nSPS) is 18.3. The zero-order chi connectivity index (χ0) is 15.4. The number of halogens is 3. The highest BCUT2D eigenvalue weighted by molar-refractivity contribution is 6.76. The number of hydrogen-bond donors (Lipinski definition) is 6. The standard InChI is InChI=1S/C8H12Cl3NO7/c9-8(10,11)7(19)12-6(18)5(17)4(16)3(15)2(14)1-13/h2-4,6,13-16,18H,1H2,(H,12,19)/t2-,3+,4-,6?/m1/s1. The van der Waals surface area contributed by atoms with Gasteiger partial charge in [0, 0.05) is 0 Å². The van der Waals surface area contributed by atoms with E-state index in [1.54, 1.807) is 5.32 Å². The molecule has 112 valence electrons. The van der Waals surface area contributed by atoms with Gasteiger partial charge in [-0.05, 0) is 0 Å². The lowest BCUT2D eigenvalue weighted by molar-refractivity contribution is -0.152. The summed E-state index contributed by atoms with van der Waals surface area (Å²) in [5.41, 5.74) is 0. The van der Waals surface area contributed by atoms with E-state index in [1.807, 2.05) is 0 Å². The van der Waals surface area contributed by atoms with Crippen LogP contribution in [0.15, 0.2) is 0 Å². The van der Waals surface area contributed by atoms with Crippen LogP contribution >= 0.6 is 34.8 Å². The van der Waals surface area contributed by atoms with Crippen molar-refractivity contribution in [2.45, 2.75) is 28.3 Å². The number of hydrogen-bond acceptors (Lipinski definition) is 7. The van der Waals surface area contributed by atoms with Gasteiger partial charge >= 0.3 is 0 Å². The summed E-state index contributed by atoms with van der Waals surface area (Å²) >= 11 is 15.5. The third kappa shape index (κ3) is 5.76. The highest BCUT2D eigenvalue weighted by Gasteiger charge is 2.37. The molecule has 0 radical (unpaired) electrons. The first-order valence-corrected chi connectivity index (χ1v) is 5.90. The van der Waals surface area contributed by atoms with Crippen LogP contribution in [0.3, 0.4) is 0 Å². The molecule has 4 atom stereocenters. The lowest BCUT2D eigenvalue weighted by Gasteiger charge is -2.23. The number of Topliss-reactive ketones (excluding diaryl/α,β-unsaturated/α-hetero) is 1. The van der Waals surface area contributed by atoms with E-state index in [4.69, 9.17) is 45.0 Å². The molecular weight excluding hydrogens is 328 g/mol. The molecule has 0 heterocycles. The van der Waals surface area contributed by atoms with Crippen LogP contribution in [-0.4, -0.2) is 72.2 Å². The van der Waals surface area contributed by atoms with Crippen LogP contribution in [0.2, 0.25) is 0 Å². The number of aliphatic hydroxyl groups excluding tert-OH is 5. The quantitative estimate of drug-likeness (QED) is 0.230. The van der Waals surface area contributed by atoms with Crippen LogP contribution in [0.4, 0.5) is 0 Å². The fourth-order valence-electron chi connectivity index (χ4n) is 0.926. The van der Waals surface area contributed by atoms with E-state index in [1.165, 1.54) is 0 Å². The van der Waals surface area contributed by atoms with Crippen molar-refractivity contribution in [3.8, 4) is 0 Å². The molecule has 0 aromatic carbocycles. The molecule has 0 bridgehead atoms. The molecule has 8 nitrogen and oxygen atoms in total. The van der Waals surface area contributed by atoms with Gasteiger partial charge in [0.05, 0.1) is 6.61 Å². The molecule has 0 saturated carbocycles. The van der Waals surface area contributed by atoms with Gasteiger partial charge in [0.25, 0.3) is 9.70 Å². The number of alkyl halides is 3. The summed E-state index contributed by atoms with van der Waals surface area (Å²) in [5.74, 6) is -2.79. The molecular formula is C8H12Cl3NO7. The van der Waals surface area contributed by atoms with E-state index in [0.717, 1.165) is 0 Å². The Morgan fingerprint density at radius 2 is 1.58 bits per heavy atom. The van der Waals surface area contributed by atoms with E-state index in [2.05, 4.69) is 0 Å². The molecule has 0 aliphatic rings. The van der Waals surface area contributed by atoms with Gasteiger partial charge in [0.1, 0.15) is 18.3 Å². The average molecular weight is 341 g/mol. The first-order chi connectivity index (χ1) is 8.52. The summed E-state index contributed by atoms with van der Waals surface area (Å²) in [5, 5.41) is 46.8. The van der Waals surface area contributed by atoms with Crippen molar-refractivity contribution < 1.29 is 35.1 Å². The largest absolute Gasteiger partial charge is 0.394 e. The average Bonchev–Trinajstić information content (AvgIpc) is 2.33. The van der Waals surface area contributed by atoms with Crippen molar-refractivity contribution in [2.24, 2.45) is 0 Å². The van der Waals surface area contributed by atoms with Crippen LogP contribution in [-0.2, 0) is 9.59 Å². The summed E-state index contributed by atoms with van der Waals surface area (Å²) in [4.78, 5) is 22.5. The maximum atomic E-state index is 11.4. The number of carbonyl (C=O) groups is 2. The lowest BCUT2D eigenvalue weighted by atomic mass is 10.0. The molecule has 19 heavy (non-hydrogen) atoms. The number of aliphatic hydroxyl groups is 5. The molecule has 1 amide bonds. The van der Waals surface area contributed by atoms with E-state index in [9.17, 15) is 24.9 Å². The van der Waals surface area contributed by atoms with Crippen LogP contribution < -0.4 is 5.32 Å². The Hall–Kier alpha value is -0.190. The summed E-state index contributed by atoms with van der Waals surface area (Å²) in [6.45, 7) is -0.928. The van der Waals surface area contributed by atoms with Crippen molar-refractivity contribution in [2.75, 3.05) is 6.61 Å². The molecule has 0 aliphatic heterocycles. The number of carbonyl (C=O) groups excluding carboxylic acids is 2. The minimum atomic E-state index is -2.44. The zero-order valence-corrected chi connectivity index (χ0v) is 11.5. The predicted molar refractivity (Wildman–Crippen MR) is 64.6 cm³/mol. The maximum absolute atomic E-state index is 11.4. The Bertz CT molecular complexity index is 335. The Morgan fingerprint density at radius 1 is 1.11 bits per heavy atom. The lowest BCUT2D eigenvalue weighted by Crippen LogP contribution is -2.53. The maximum Gasteiger partial charge on any atom is 0.274 e. The van der Waals surface area contributed by atoms with Gasteiger partial charge in [-0.3, -0.25) is 9.59 Å². The highest BCUT2D eigenvalue weighted by atomic mass is 35.6. The molecule has 6 N–H and O–H groups in total. The summed E-state index contributed by atoms with van der Waals surface area (Å²) < 4.78 is -2.44. The molecule has 11 heteroatoms. The van der Waals surface area contributed by atoms with E-state index < -0.39 is 46.6 Å². The van der Waals surface area contributed by atoms with E-state index in [-0.39, 0.29) is 0 Å². The topological polar surface area (TPSA) is 147 Å². The van der Waals surface area contributed by atoms with Crippen LogP contribution in [0.1, 0.15) is 0 Å². The van der Waals surface area contributed by atoms with Gasteiger partial charge in [-0.25, -0.2) is 0 Å². The molecule has 0 aromatic rings. The first-order valence-electron chi connectivity index (χ1n) is 4.77. The van der Waals surface area contributed by atoms with Crippen LogP contribution in [0.5, 0.6) is 0 Å². The van der Waals surface area contributed by atoms with Crippen molar-refractivity contribution in [1.29, 1.82) is 0 Å². The number of nitrogens with one attached hydrogen (secondary N) is 1. The molecule has 0 spiro atoms. The second kappa shape index (κ2) is 7.55. The third-order valence-electron chi connectivity index (χ3n) is 1.99. The Morgan fingerprint density at radius 3 is 1.95 bits per heavy atom. The second-order valence-corrected chi connectivity index (χ2v) is 5.74. The molecule has 1 unspecified atom stereocenters. The van der Waals surface area contributed by atoms with Crippen LogP contribution in [0.25, 0.3) is 0 Å². The zero-order valence-electron chi connectivity index (χ0n) is 9.20. The minimum Gasteiger partial charge on any atom is -0.394 e. The Kier molecular flexibility index (Phi) is 7.48. The number of rotatable bonds is 6. The molecule has 0 rings (SSSR count).